The summed E-state index contributed by atoms with van der Waals surface area (Å²) in [4.78, 5) is 22.0. The van der Waals surface area contributed by atoms with Crippen LogP contribution in [0.1, 0.15) is 26.5 Å². The lowest BCUT2D eigenvalue weighted by atomic mass is 10.3. The predicted octanol–water partition coefficient (Wildman–Crippen LogP) is 2.39. The van der Waals surface area contributed by atoms with Crippen molar-refractivity contribution < 1.29 is 4.79 Å². The van der Waals surface area contributed by atoms with Crippen molar-refractivity contribution in [2.75, 3.05) is 18.4 Å². The molecule has 20 heavy (non-hydrogen) atoms. The first-order chi connectivity index (χ1) is 9.66. The smallest absolute Gasteiger partial charge is 0.261 e. The Morgan fingerprint density at radius 1 is 1.25 bits per heavy atom. The monoisotopic (exact) mass is 290 g/mol. The summed E-state index contributed by atoms with van der Waals surface area (Å²) in [5.41, 5.74) is 1.17. The maximum Gasteiger partial charge on any atom is 0.261 e. The molecule has 0 bridgehead atoms. The van der Waals surface area contributed by atoms with Gasteiger partial charge in [0.25, 0.3) is 5.91 Å². The Labute approximate surface area is 122 Å². The standard InChI is InChI=1S/C14H18N4OS/c1-10-9-12(20-11(10)2)13(19)15-5-3-6-16-14-17-7-4-8-18-14/h4,7-9H,3,5-6H2,1-2H3,(H,15,19)(H,16,17,18). The fourth-order valence-electron chi connectivity index (χ4n) is 1.65. The molecule has 0 aliphatic carbocycles. The normalized spacial score (nSPS) is 10.3. The number of aromatic nitrogens is 2. The third-order valence-electron chi connectivity index (χ3n) is 2.88. The van der Waals surface area contributed by atoms with Gasteiger partial charge in [0.2, 0.25) is 5.95 Å². The molecule has 1 amide bonds. The number of anilines is 1. The van der Waals surface area contributed by atoms with Crippen molar-refractivity contribution >= 4 is 23.2 Å². The number of hydrogen-bond acceptors (Lipinski definition) is 5. The highest BCUT2D eigenvalue weighted by Gasteiger charge is 2.09. The number of thiophene rings is 1. The van der Waals surface area contributed by atoms with E-state index in [9.17, 15) is 4.79 Å². The molecule has 2 aromatic rings. The van der Waals surface area contributed by atoms with Crippen molar-refractivity contribution in [3.05, 3.63) is 39.8 Å². The second kappa shape index (κ2) is 7.00. The summed E-state index contributed by atoms with van der Waals surface area (Å²) in [7, 11) is 0. The lowest BCUT2D eigenvalue weighted by Crippen LogP contribution is -2.25. The number of aryl methyl sites for hydroxylation is 2. The van der Waals surface area contributed by atoms with Crippen LogP contribution in [0.3, 0.4) is 0 Å². The van der Waals surface area contributed by atoms with Crippen LogP contribution in [0.4, 0.5) is 5.95 Å². The van der Waals surface area contributed by atoms with Gasteiger partial charge in [-0.1, -0.05) is 0 Å². The molecule has 0 aliphatic rings. The van der Waals surface area contributed by atoms with Gasteiger partial charge < -0.3 is 10.6 Å². The van der Waals surface area contributed by atoms with Gasteiger partial charge in [-0.2, -0.15) is 0 Å². The van der Waals surface area contributed by atoms with Crippen molar-refractivity contribution in [3.8, 4) is 0 Å². The van der Waals surface area contributed by atoms with Crippen LogP contribution in [0.2, 0.25) is 0 Å². The van der Waals surface area contributed by atoms with Crippen LogP contribution in [-0.4, -0.2) is 29.0 Å². The predicted molar refractivity (Wildman–Crippen MR) is 81.3 cm³/mol. The average molecular weight is 290 g/mol. The van der Waals surface area contributed by atoms with Gasteiger partial charge in [-0.15, -0.1) is 11.3 Å². The number of nitrogens with one attached hydrogen (secondary N) is 2. The molecule has 106 valence electrons. The zero-order valence-corrected chi connectivity index (χ0v) is 12.5. The first kappa shape index (κ1) is 14.5. The second-order valence-corrected chi connectivity index (χ2v) is 5.71. The molecule has 0 aromatic carbocycles. The summed E-state index contributed by atoms with van der Waals surface area (Å²) >= 11 is 1.54. The minimum Gasteiger partial charge on any atom is -0.354 e. The van der Waals surface area contributed by atoms with Crippen LogP contribution in [0.5, 0.6) is 0 Å². The molecule has 0 fully saturated rings. The molecule has 0 saturated heterocycles. The number of amides is 1. The molecule has 0 saturated carbocycles. The minimum atomic E-state index is 0.00200. The van der Waals surface area contributed by atoms with E-state index in [1.807, 2.05) is 19.9 Å². The average Bonchev–Trinajstić information content (AvgIpc) is 2.79. The van der Waals surface area contributed by atoms with Gasteiger partial charge in [0.15, 0.2) is 0 Å². The van der Waals surface area contributed by atoms with Crippen LogP contribution in [-0.2, 0) is 0 Å². The van der Waals surface area contributed by atoms with Crippen molar-refractivity contribution in [1.82, 2.24) is 15.3 Å². The molecule has 5 nitrogen and oxygen atoms in total. The van der Waals surface area contributed by atoms with E-state index in [1.165, 1.54) is 21.8 Å². The van der Waals surface area contributed by atoms with E-state index in [0.717, 1.165) is 17.8 Å². The van der Waals surface area contributed by atoms with E-state index in [1.54, 1.807) is 18.5 Å². The molecular formula is C14H18N4OS. The molecule has 6 heteroatoms. The van der Waals surface area contributed by atoms with Gasteiger partial charge in [0.1, 0.15) is 0 Å². The van der Waals surface area contributed by atoms with Crippen LogP contribution in [0, 0.1) is 13.8 Å². The molecule has 0 spiro atoms. The minimum absolute atomic E-state index is 0.00200. The Morgan fingerprint density at radius 3 is 2.65 bits per heavy atom. The molecule has 0 atom stereocenters. The largest absolute Gasteiger partial charge is 0.354 e. The third-order valence-corrected chi connectivity index (χ3v) is 4.03. The van der Waals surface area contributed by atoms with Crippen LogP contribution in [0.15, 0.2) is 24.5 Å². The maximum absolute atomic E-state index is 11.9. The highest BCUT2D eigenvalue weighted by atomic mass is 32.1. The van der Waals surface area contributed by atoms with E-state index in [4.69, 9.17) is 0 Å². The Hall–Kier alpha value is -1.95. The highest BCUT2D eigenvalue weighted by Crippen LogP contribution is 2.20. The molecule has 0 aliphatic heterocycles. The van der Waals surface area contributed by atoms with E-state index < -0.39 is 0 Å². The highest BCUT2D eigenvalue weighted by molar-refractivity contribution is 7.14. The van der Waals surface area contributed by atoms with Gasteiger partial charge >= 0.3 is 0 Å². The van der Waals surface area contributed by atoms with Gasteiger partial charge in [0.05, 0.1) is 4.88 Å². The topological polar surface area (TPSA) is 66.9 Å². The van der Waals surface area contributed by atoms with Crippen LogP contribution < -0.4 is 10.6 Å². The maximum atomic E-state index is 11.9. The molecule has 2 heterocycles. The first-order valence-corrected chi connectivity index (χ1v) is 7.34. The van der Waals surface area contributed by atoms with E-state index in [0.29, 0.717) is 12.5 Å². The van der Waals surface area contributed by atoms with Crippen molar-refractivity contribution in [2.45, 2.75) is 20.3 Å². The SMILES string of the molecule is Cc1cc(C(=O)NCCCNc2ncccn2)sc1C. The van der Waals surface area contributed by atoms with Crippen molar-refractivity contribution in [1.29, 1.82) is 0 Å². The summed E-state index contributed by atoms with van der Waals surface area (Å²) in [6.45, 7) is 5.41. The quantitative estimate of drug-likeness (QED) is 0.802. The number of rotatable bonds is 6. The molecule has 2 rings (SSSR count). The number of hydrogen-bond donors (Lipinski definition) is 2. The summed E-state index contributed by atoms with van der Waals surface area (Å²) in [5.74, 6) is 0.616. The summed E-state index contributed by atoms with van der Waals surface area (Å²) in [6.07, 6.45) is 4.21. The van der Waals surface area contributed by atoms with Crippen LogP contribution >= 0.6 is 11.3 Å². The number of carbonyl (C=O) groups is 1. The van der Waals surface area contributed by atoms with E-state index in [2.05, 4.69) is 20.6 Å². The molecule has 0 radical (unpaired) electrons. The van der Waals surface area contributed by atoms with Gasteiger partial charge in [0, 0.05) is 30.4 Å². The van der Waals surface area contributed by atoms with Gasteiger partial charge in [-0.05, 0) is 38.0 Å². The number of carbonyl (C=O) groups excluding carboxylic acids is 1. The van der Waals surface area contributed by atoms with Crippen molar-refractivity contribution in [3.63, 3.8) is 0 Å². The first-order valence-electron chi connectivity index (χ1n) is 6.53. The Morgan fingerprint density at radius 2 is 2.00 bits per heavy atom. The summed E-state index contributed by atoms with van der Waals surface area (Å²) in [6, 6.07) is 3.71. The van der Waals surface area contributed by atoms with Crippen molar-refractivity contribution in [2.24, 2.45) is 0 Å². The number of nitrogens with zero attached hydrogens (tertiary/aromatic N) is 2. The van der Waals surface area contributed by atoms with E-state index in [-0.39, 0.29) is 5.91 Å². The molecule has 0 unspecified atom stereocenters. The van der Waals surface area contributed by atoms with Crippen LogP contribution in [0.25, 0.3) is 0 Å². The fraction of sp³-hybridized carbons (Fsp3) is 0.357. The van der Waals surface area contributed by atoms with Gasteiger partial charge in [-0.3, -0.25) is 4.79 Å². The zero-order valence-electron chi connectivity index (χ0n) is 11.6. The lowest BCUT2D eigenvalue weighted by molar-refractivity contribution is 0.0957. The Bertz CT molecular complexity index is 548. The summed E-state index contributed by atoms with van der Waals surface area (Å²) < 4.78 is 0. The van der Waals surface area contributed by atoms with Gasteiger partial charge in [-0.25, -0.2) is 9.97 Å². The third kappa shape index (κ3) is 4.03. The Kier molecular flexibility index (Phi) is 5.06. The molecule has 2 aromatic heterocycles. The Balaban J connectivity index is 1.67. The second-order valence-electron chi connectivity index (χ2n) is 4.46. The molecule has 2 N–H and O–H groups in total. The van der Waals surface area contributed by atoms with E-state index >= 15 is 0 Å². The summed E-state index contributed by atoms with van der Waals surface area (Å²) in [5, 5.41) is 6.02. The fourth-order valence-corrected chi connectivity index (χ4v) is 2.60. The zero-order chi connectivity index (χ0) is 14.4. The molecular weight excluding hydrogens is 272 g/mol. The lowest BCUT2D eigenvalue weighted by Gasteiger charge is -2.05.